The second-order valence-corrected chi connectivity index (χ2v) is 11.2. The van der Waals surface area contributed by atoms with Gasteiger partial charge in [-0.1, -0.05) is 126 Å². The van der Waals surface area contributed by atoms with Crippen LogP contribution in [0, 0.1) is 0 Å². The molecule has 1 aliphatic carbocycles. The fourth-order valence-corrected chi connectivity index (χ4v) is 6.16. The molecule has 2 heteroatoms. The highest BCUT2D eigenvalue weighted by Gasteiger charge is 2.35. The maximum atomic E-state index is 4.16. The fraction of sp³-hybridized carbons (Fsp3) is 0.333. The summed E-state index contributed by atoms with van der Waals surface area (Å²) >= 11 is 0. The van der Waals surface area contributed by atoms with Crippen LogP contribution in [0.2, 0.25) is 0 Å². The normalized spacial score (nSPS) is 16.3. The number of rotatable bonds is 8. The molecule has 196 valence electrons. The summed E-state index contributed by atoms with van der Waals surface area (Å²) in [6.07, 6.45) is 2.01. The Labute approximate surface area is 229 Å². The van der Waals surface area contributed by atoms with Gasteiger partial charge in [-0.3, -0.25) is 0 Å². The second-order valence-electron chi connectivity index (χ2n) is 11.2. The Morgan fingerprint density at radius 2 is 0.947 bits per heavy atom. The molecule has 0 saturated carbocycles. The summed E-state index contributed by atoms with van der Waals surface area (Å²) in [5, 5.41) is 8.28. The lowest BCUT2D eigenvalue weighted by molar-refractivity contribution is 0.636. The van der Waals surface area contributed by atoms with Gasteiger partial charge in [-0.15, -0.1) is 0 Å². The van der Waals surface area contributed by atoms with Gasteiger partial charge >= 0.3 is 0 Å². The largest absolute Gasteiger partial charge is 0.375 e. The molecule has 2 N–H and O–H groups in total. The number of aryl methyl sites for hydroxylation is 2. The van der Waals surface area contributed by atoms with Crippen LogP contribution in [-0.2, 0) is 12.8 Å². The van der Waals surface area contributed by atoms with Crippen molar-refractivity contribution in [3.63, 3.8) is 0 Å². The van der Waals surface area contributed by atoms with E-state index in [9.17, 15) is 0 Å². The molecule has 0 aliphatic heterocycles. The van der Waals surface area contributed by atoms with E-state index in [-0.39, 0.29) is 12.1 Å². The maximum Gasteiger partial charge on any atom is 0.0763 e. The van der Waals surface area contributed by atoms with Crippen molar-refractivity contribution in [3.8, 4) is 11.1 Å². The zero-order valence-electron chi connectivity index (χ0n) is 23.8. The van der Waals surface area contributed by atoms with E-state index < -0.39 is 0 Å². The monoisotopic (exact) mass is 502 g/mol. The van der Waals surface area contributed by atoms with Crippen molar-refractivity contribution in [1.82, 2.24) is 0 Å². The summed E-state index contributed by atoms with van der Waals surface area (Å²) in [7, 11) is 0. The van der Waals surface area contributed by atoms with E-state index in [0.29, 0.717) is 11.8 Å². The zero-order valence-corrected chi connectivity index (χ0v) is 23.8. The van der Waals surface area contributed by atoms with Crippen molar-refractivity contribution in [1.29, 1.82) is 0 Å². The number of fused-ring (bicyclic) bond motifs is 3. The first kappa shape index (κ1) is 26.1. The van der Waals surface area contributed by atoms with E-state index in [4.69, 9.17) is 0 Å². The van der Waals surface area contributed by atoms with Gasteiger partial charge in [0.05, 0.1) is 12.1 Å². The fourth-order valence-electron chi connectivity index (χ4n) is 6.16. The summed E-state index contributed by atoms with van der Waals surface area (Å²) in [6, 6.07) is 31.6. The molecule has 5 rings (SSSR count). The van der Waals surface area contributed by atoms with Crippen LogP contribution in [0.3, 0.4) is 0 Å². The third-order valence-electron chi connectivity index (χ3n) is 8.19. The third kappa shape index (κ3) is 4.73. The topological polar surface area (TPSA) is 24.1 Å². The van der Waals surface area contributed by atoms with Crippen LogP contribution in [0.15, 0.2) is 84.9 Å². The molecule has 0 amide bonds. The highest BCUT2D eigenvalue weighted by Crippen LogP contribution is 2.49. The number of para-hydroxylation sites is 2. The Kier molecular flexibility index (Phi) is 7.61. The molecule has 1 aliphatic rings. The van der Waals surface area contributed by atoms with Gasteiger partial charge in [-0.2, -0.15) is 0 Å². The van der Waals surface area contributed by atoms with Crippen molar-refractivity contribution in [2.24, 2.45) is 0 Å². The zero-order chi connectivity index (χ0) is 26.8. The average Bonchev–Trinajstić information content (AvgIpc) is 2.94. The molecule has 0 unspecified atom stereocenters. The molecule has 0 spiro atoms. The van der Waals surface area contributed by atoms with Crippen molar-refractivity contribution in [2.75, 3.05) is 10.6 Å². The van der Waals surface area contributed by atoms with Gasteiger partial charge in [0, 0.05) is 11.4 Å². The molecule has 0 saturated heterocycles. The minimum absolute atomic E-state index is 0.0770. The first-order chi connectivity index (χ1) is 18.4. The van der Waals surface area contributed by atoms with Crippen LogP contribution in [0.25, 0.3) is 11.1 Å². The van der Waals surface area contributed by atoms with E-state index in [1.54, 1.807) is 0 Å². The lowest BCUT2D eigenvalue weighted by atomic mass is 9.78. The molecule has 0 fully saturated rings. The number of anilines is 2. The first-order valence-electron chi connectivity index (χ1n) is 14.4. The quantitative estimate of drug-likeness (QED) is 0.250. The number of hydrogen-bond donors (Lipinski definition) is 2. The molecule has 4 aromatic rings. The van der Waals surface area contributed by atoms with Crippen molar-refractivity contribution in [2.45, 2.75) is 78.3 Å². The van der Waals surface area contributed by atoms with Gasteiger partial charge in [0.2, 0.25) is 0 Å². The predicted molar refractivity (Wildman–Crippen MR) is 164 cm³/mol. The SMILES string of the molecule is CCc1cccc(CC)c1N[C@H]1c2ccccc2-c2ccccc2[C@H]1Nc1c(C(C)C)cccc1C(C)C. The standard InChI is InChI=1S/C36H42N2/c1-7-25-15-13-16-26(8-2)33(25)37-35-31-19-11-9-17-29(31)30-18-10-12-20-32(30)36(35)38-34-27(23(3)4)21-14-22-28(34)24(5)6/h9-24,35-38H,7-8H2,1-6H3/t35-,36+/m0/s1. The Morgan fingerprint density at radius 3 is 1.39 bits per heavy atom. The summed E-state index contributed by atoms with van der Waals surface area (Å²) in [4.78, 5) is 0. The minimum Gasteiger partial charge on any atom is -0.375 e. The van der Waals surface area contributed by atoms with Gasteiger partial charge in [0.1, 0.15) is 0 Å². The molecule has 0 radical (unpaired) electrons. The van der Waals surface area contributed by atoms with E-state index >= 15 is 0 Å². The van der Waals surface area contributed by atoms with E-state index in [1.165, 1.54) is 55.9 Å². The molecule has 0 heterocycles. The van der Waals surface area contributed by atoms with Gasteiger partial charge in [-0.05, 0) is 69.2 Å². The van der Waals surface area contributed by atoms with Gasteiger partial charge in [-0.25, -0.2) is 0 Å². The predicted octanol–water partition coefficient (Wildman–Crippen LogP) is 10.0. The first-order valence-corrected chi connectivity index (χ1v) is 14.4. The molecular weight excluding hydrogens is 460 g/mol. The second kappa shape index (κ2) is 11.1. The van der Waals surface area contributed by atoms with Crippen LogP contribution >= 0.6 is 0 Å². The van der Waals surface area contributed by atoms with Crippen LogP contribution in [0.4, 0.5) is 11.4 Å². The van der Waals surface area contributed by atoms with Crippen molar-refractivity contribution < 1.29 is 0 Å². The lowest BCUT2D eigenvalue weighted by Gasteiger charge is -2.39. The number of hydrogen-bond acceptors (Lipinski definition) is 2. The lowest BCUT2D eigenvalue weighted by Crippen LogP contribution is -2.30. The molecule has 0 aromatic heterocycles. The van der Waals surface area contributed by atoms with E-state index in [0.717, 1.165) is 12.8 Å². The Bertz CT molecular complexity index is 1370. The van der Waals surface area contributed by atoms with Crippen LogP contribution < -0.4 is 10.6 Å². The van der Waals surface area contributed by atoms with E-state index in [2.05, 4.69) is 137 Å². The van der Waals surface area contributed by atoms with Crippen LogP contribution in [0.5, 0.6) is 0 Å². The van der Waals surface area contributed by atoms with E-state index in [1.807, 2.05) is 0 Å². The summed E-state index contributed by atoms with van der Waals surface area (Å²) in [5.41, 5.74) is 13.5. The Balaban J connectivity index is 1.72. The summed E-state index contributed by atoms with van der Waals surface area (Å²) in [5.74, 6) is 0.863. The van der Waals surface area contributed by atoms with Gasteiger partial charge < -0.3 is 10.6 Å². The average molecular weight is 503 g/mol. The number of nitrogens with one attached hydrogen (secondary N) is 2. The molecule has 0 bridgehead atoms. The molecular formula is C36H42N2. The Morgan fingerprint density at radius 1 is 0.526 bits per heavy atom. The van der Waals surface area contributed by atoms with Crippen molar-refractivity contribution in [3.05, 3.63) is 118 Å². The molecule has 2 atom stereocenters. The van der Waals surface area contributed by atoms with Crippen LogP contribution in [-0.4, -0.2) is 0 Å². The smallest absolute Gasteiger partial charge is 0.0763 e. The Hall–Kier alpha value is -3.52. The summed E-state index contributed by atoms with van der Waals surface area (Å²) in [6.45, 7) is 13.7. The maximum absolute atomic E-state index is 4.16. The highest BCUT2D eigenvalue weighted by molar-refractivity contribution is 5.78. The molecule has 4 aromatic carbocycles. The molecule has 2 nitrogen and oxygen atoms in total. The van der Waals surface area contributed by atoms with Crippen LogP contribution in [0.1, 0.15) is 98.8 Å². The summed E-state index contributed by atoms with van der Waals surface area (Å²) < 4.78 is 0. The van der Waals surface area contributed by atoms with Crippen molar-refractivity contribution >= 4 is 11.4 Å². The molecule has 38 heavy (non-hydrogen) atoms. The van der Waals surface area contributed by atoms with Gasteiger partial charge in [0.25, 0.3) is 0 Å². The van der Waals surface area contributed by atoms with Gasteiger partial charge in [0.15, 0.2) is 0 Å². The third-order valence-corrected chi connectivity index (χ3v) is 8.19. The highest BCUT2D eigenvalue weighted by atomic mass is 15.0. The number of benzene rings is 4. The minimum atomic E-state index is 0.0770.